The second-order valence-electron chi connectivity index (χ2n) is 6.55. The van der Waals surface area contributed by atoms with Gasteiger partial charge in [-0.1, -0.05) is 43.7 Å². The Kier molecular flexibility index (Phi) is 4.34. The summed E-state index contributed by atoms with van der Waals surface area (Å²) in [6.45, 7) is 7.15. The number of carbonyl (C=O) groups is 1. The van der Waals surface area contributed by atoms with Crippen molar-refractivity contribution < 1.29 is 4.79 Å². The molecule has 0 fully saturated rings. The SMILES string of the molecule is Cc1ccc([C@H]2c3ccsc3CCN2C(=O)CC(C)C)cc1. The Morgan fingerprint density at radius 1 is 1.27 bits per heavy atom. The maximum Gasteiger partial charge on any atom is 0.223 e. The van der Waals surface area contributed by atoms with E-state index >= 15 is 0 Å². The third-order valence-electron chi connectivity index (χ3n) is 4.26. The highest BCUT2D eigenvalue weighted by Crippen LogP contribution is 2.38. The first-order chi connectivity index (χ1) is 10.6. The summed E-state index contributed by atoms with van der Waals surface area (Å²) in [6, 6.07) is 10.9. The molecule has 3 rings (SSSR count). The van der Waals surface area contributed by atoms with Gasteiger partial charge >= 0.3 is 0 Å². The molecule has 1 aliphatic heterocycles. The number of thiophene rings is 1. The highest BCUT2D eigenvalue weighted by Gasteiger charge is 2.32. The predicted octanol–water partition coefficient (Wildman–Crippen LogP) is 4.58. The Bertz CT molecular complexity index is 656. The van der Waals surface area contributed by atoms with Crippen molar-refractivity contribution in [3.8, 4) is 0 Å². The Morgan fingerprint density at radius 3 is 2.68 bits per heavy atom. The number of nitrogens with zero attached hydrogens (tertiary/aromatic N) is 1. The van der Waals surface area contributed by atoms with Gasteiger partial charge in [0.05, 0.1) is 6.04 Å². The number of aryl methyl sites for hydroxylation is 1. The van der Waals surface area contributed by atoms with Gasteiger partial charge in [-0.15, -0.1) is 11.3 Å². The van der Waals surface area contributed by atoms with E-state index < -0.39 is 0 Å². The molecule has 1 aromatic carbocycles. The van der Waals surface area contributed by atoms with Crippen LogP contribution in [0.3, 0.4) is 0 Å². The molecule has 116 valence electrons. The number of amides is 1. The van der Waals surface area contributed by atoms with Gasteiger partial charge in [0.25, 0.3) is 0 Å². The molecule has 0 aliphatic carbocycles. The van der Waals surface area contributed by atoms with Crippen LogP contribution < -0.4 is 0 Å². The lowest BCUT2D eigenvalue weighted by molar-refractivity contribution is -0.134. The summed E-state index contributed by atoms with van der Waals surface area (Å²) in [4.78, 5) is 16.2. The van der Waals surface area contributed by atoms with E-state index in [1.165, 1.54) is 21.6 Å². The topological polar surface area (TPSA) is 20.3 Å². The van der Waals surface area contributed by atoms with E-state index in [9.17, 15) is 4.79 Å². The smallest absolute Gasteiger partial charge is 0.223 e. The highest BCUT2D eigenvalue weighted by molar-refractivity contribution is 7.10. The number of fused-ring (bicyclic) bond motifs is 1. The van der Waals surface area contributed by atoms with Crippen molar-refractivity contribution in [2.45, 2.75) is 39.7 Å². The standard InChI is InChI=1S/C19H23NOS/c1-13(2)12-18(21)20-10-8-17-16(9-11-22-17)19(20)15-6-4-14(3)5-7-15/h4-7,9,11,13,19H,8,10,12H2,1-3H3/t19-/m0/s1. The zero-order valence-corrected chi connectivity index (χ0v) is 14.3. The predicted molar refractivity (Wildman–Crippen MR) is 92.2 cm³/mol. The van der Waals surface area contributed by atoms with Crippen LogP contribution in [-0.4, -0.2) is 17.4 Å². The van der Waals surface area contributed by atoms with Crippen molar-refractivity contribution in [1.82, 2.24) is 4.90 Å². The lowest BCUT2D eigenvalue weighted by Gasteiger charge is -2.37. The van der Waals surface area contributed by atoms with Gasteiger partial charge in [-0.2, -0.15) is 0 Å². The highest BCUT2D eigenvalue weighted by atomic mass is 32.1. The van der Waals surface area contributed by atoms with Crippen molar-refractivity contribution >= 4 is 17.2 Å². The fourth-order valence-corrected chi connectivity index (χ4v) is 4.06. The Hall–Kier alpha value is -1.61. The van der Waals surface area contributed by atoms with Gasteiger partial charge in [-0.25, -0.2) is 0 Å². The normalized spacial score (nSPS) is 17.6. The summed E-state index contributed by atoms with van der Waals surface area (Å²) in [7, 11) is 0. The van der Waals surface area contributed by atoms with Gasteiger partial charge in [0.1, 0.15) is 0 Å². The van der Waals surface area contributed by atoms with E-state index in [0.717, 1.165) is 13.0 Å². The quantitative estimate of drug-likeness (QED) is 0.812. The zero-order valence-electron chi connectivity index (χ0n) is 13.5. The van der Waals surface area contributed by atoms with Gasteiger partial charge in [0.15, 0.2) is 0 Å². The maximum absolute atomic E-state index is 12.7. The van der Waals surface area contributed by atoms with Crippen LogP contribution in [0, 0.1) is 12.8 Å². The molecular formula is C19H23NOS. The molecule has 0 N–H and O–H groups in total. The monoisotopic (exact) mass is 313 g/mol. The van der Waals surface area contributed by atoms with E-state index in [0.29, 0.717) is 12.3 Å². The molecule has 0 saturated heterocycles. The van der Waals surface area contributed by atoms with Crippen molar-refractivity contribution in [2.75, 3.05) is 6.54 Å². The zero-order chi connectivity index (χ0) is 15.7. The molecule has 1 amide bonds. The van der Waals surface area contributed by atoms with Crippen LogP contribution in [0.2, 0.25) is 0 Å². The summed E-state index contributed by atoms with van der Waals surface area (Å²) < 4.78 is 0. The molecule has 0 radical (unpaired) electrons. The number of hydrogen-bond donors (Lipinski definition) is 0. The number of carbonyl (C=O) groups excluding carboxylic acids is 1. The number of hydrogen-bond acceptors (Lipinski definition) is 2. The number of rotatable bonds is 3. The fraction of sp³-hybridized carbons (Fsp3) is 0.421. The lowest BCUT2D eigenvalue weighted by Crippen LogP contribution is -2.40. The van der Waals surface area contributed by atoms with Gasteiger partial charge in [0.2, 0.25) is 5.91 Å². The Labute approximate surface area is 136 Å². The summed E-state index contributed by atoms with van der Waals surface area (Å²) >= 11 is 1.82. The minimum Gasteiger partial charge on any atom is -0.331 e. The second kappa shape index (κ2) is 6.25. The molecule has 1 atom stereocenters. The molecule has 22 heavy (non-hydrogen) atoms. The van der Waals surface area contributed by atoms with E-state index in [-0.39, 0.29) is 11.9 Å². The van der Waals surface area contributed by atoms with Crippen LogP contribution in [0.1, 0.15) is 47.9 Å². The largest absolute Gasteiger partial charge is 0.331 e. The third kappa shape index (κ3) is 2.95. The fourth-order valence-electron chi connectivity index (χ4n) is 3.16. The summed E-state index contributed by atoms with van der Waals surface area (Å²) in [5.74, 6) is 0.674. The average Bonchev–Trinajstić information content (AvgIpc) is 2.95. The van der Waals surface area contributed by atoms with Crippen molar-refractivity contribution in [3.63, 3.8) is 0 Å². The third-order valence-corrected chi connectivity index (χ3v) is 5.26. The minimum atomic E-state index is 0.0850. The van der Waals surface area contributed by atoms with E-state index in [1.807, 2.05) is 11.3 Å². The van der Waals surface area contributed by atoms with Crippen LogP contribution in [-0.2, 0) is 11.2 Å². The molecule has 3 heteroatoms. The first-order valence-corrected chi connectivity index (χ1v) is 8.86. The summed E-state index contributed by atoms with van der Waals surface area (Å²) in [6.07, 6.45) is 1.61. The molecule has 0 bridgehead atoms. The van der Waals surface area contributed by atoms with Gasteiger partial charge in [-0.3, -0.25) is 4.79 Å². The van der Waals surface area contributed by atoms with Crippen molar-refractivity contribution in [2.24, 2.45) is 5.92 Å². The van der Waals surface area contributed by atoms with Crippen LogP contribution >= 0.6 is 11.3 Å². The summed E-state index contributed by atoms with van der Waals surface area (Å²) in [5.41, 5.74) is 3.80. The maximum atomic E-state index is 12.7. The second-order valence-corrected chi connectivity index (χ2v) is 7.55. The van der Waals surface area contributed by atoms with Gasteiger partial charge in [-0.05, 0) is 41.8 Å². The molecule has 2 nitrogen and oxygen atoms in total. The molecule has 1 aliphatic rings. The van der Waals surface area contributed by atoms with Crippen LogP contribution in [0.15, 0.2) is 35.7 Å². The molecule has 0 spiro atoms. The minimum absolute atomic E-state index is 0.0850. The molecular weight excluding hydrogens is 290 g/mol. The van der Waals surface area contributed by atoms with Crippen LogP contribution in [0.25, 0.3) is 0 Å². The average molecular weight is 313 g/mol. The van der Waals surface area contributed by atoms with E-state index in [2.05, 4.69) is 61.4 Å². The van der Waals surface area contributed by atoms with Crippen LogP contribution in [0.4, 0.5) is 0 Å². The molecule has 0 saturated carbocycles. The van der Waals surface area contributed by atoms with Crippen molar-refractivity contribution in [1.29, 1.82) is 0 Å². The van der Waals surface area contributed by atoms with E-state index in [1.54, 1.807) is 0 Å². The Morgan fingerprint density at radius 2 is 2.00 bits per heavy atom. The lowest BCUT2D eigenvalue weighted by atomic mass is 9.92. The van der Waals surface area contributed by atoms with Gasteiger partial charge in [0, 0.05) is 17.8 Å². The summed E-state index contributed by atoms with van der Waals surface area (Å²) in [5, 5.41) is 2.16. The first kappa shape index (κ1) is 15.3. The molecule has 1 aromatic heterocycles. The van der Waals surface area contributed by atoms with Gasteiger partial charge < -0.3 is 4.90 Å². The van der Waals surface area contributed by atoms with Crippen molar-refractivity contribution in [3.05, 3.63) is 57.3 Å². The molecule has 0 unspecified atom stereocenters. The molecule has 2 aromatic rings. The van der Waals surface area contributed by atoms with Crippen LogP contribution in [0.5, 0.6) is 0 Å². The van der Waals surface area contributed by atoms with E-state index in [4.69, 9.17) is 0 Å². The first-order valence-electron chi connectivity index (χ1n) is 7.98. The Balaban J connectivity index is 1.99. The number of benzene rings is 1. The molecule has 2 heterocycles.